The lowest BCUT2D eigenvalue weighted by atomic mass is 10.00. The van der Waals surface area contributed by atoms with Crippen molar-refractivity contribution in [2.24, 2.45) is 5.73 Å². The van der Waals surface area contributed by atoms with E-state index in [1.165, 1.54) is 0 Å². The van der Waals surface area contributed by atoms with Crippen molar-refractivity contribution < 1.29 is 4.79 Å². The summed E-state index contributed by atoms with van der Waals surface area (Å²) >= 11 is 0. The molecule has 3 N–H and O–H groups in total. The fraction of sp³-hybridized carbons (Fsp3) is 0.562. The van der Waals surface area contributed by atoms with Crippen molar-refractivity contribution >= 4 is 11.6 Å². The number of carbonyl (C=O) groups is 1. The number of hydrogen-bond donors (Lipinski definition) is 2. The molecule has 4 heteroatoms. The van der Waals surface area contributed by atoms with E-state index in [-0.39, 0.29) is 11.4 Å². The second kappa shape index (κ2) is 7.41. The van der Waals surface area contributed by atoms with Crippen LogP contribution >= 0.6 is 0 Å². The molecule has 1 aromatic rings. The fourth-order valence-corrected chi connectivity index (χ4v) is 1.87. The minimum Gasteiger partial charge on any atom is -0.326 e. The van der Waals surface area contributed by atoms with Crippen LogP contribution in [0.4, 0.5) is 5.69 Å². The fourth-order valence-electron chi connectivity index (χ4n) is 1.87. The topological polar surface area (TPSA) is 58.4 Å². The Bertz CT molecular complexity index is 443. The summed E-state index contributed by atoms with van der Waals surface area (Å²) in [6.07, 6.45) is 1.54. The van der Waals surface area contributed by atoms with E-state index in [0.29, 0.717) is 13.0 Å². The molecule has 0 radical (unpaired) electrons. The first kappa shape index (κ1) is 16.7. The summed E-state index contributed by atoms with van der Waals surface area (Å²) in [6, 6.07) is 7.65. The second-order valence-electron chi connectivity index (χ2n) is 5.75. The zero-order chi connectivity index (χ0) is 15.2. The summed E-state index contributed by atoms with van der Waals surface area (Å²) in [5.41, 5.74) is 7.56. The number of nitrogens with zero attached hydrogens (tertiary/aromatic N) is 1. The van der Waals surface area contributed by atoms with Gasteiger partial charge in [0.1, 0.15) is 0 Å². The summed E-state index contributed by atoms with van der Waals surface area (Å²) in [6.45, 7) is 7.72. The van der Waals surface area contributed by atoms with E-state index in [9.17, 15) is 4.79 Å². The van der Waals surface area contributed by atoms with Gasteiger partial charge in [-0.05, 0) is 38.9 Å². The minimum atomic E-state index is 0.0321. The lowest BCUT2D eigenvalue weighted by Gasteiger charge is -2.34. The van der Waals surface area contributed by atoms with Crippen molar-refractivity contribution in [2.75, 3.05) is 18.9 Å². The third-order valence-electron chi connectivity index (χ3n) is 4.08. The van der Waals surface area contributed by atoms with Gasteiger partial charge in [-0.25, -0.2) is 0 Å². The van der Waals surface area contributed by atoms with E-state index < -0.39 is 0 Å². The van der Waals surface area contributed by atoms with Gasteiger partial charge in [0.15, 0.2) is 0 Å². The lowest BCUT2D eigenvalue weighted by molar-refractivity contribution is -0.116. The molecule has 112 valence electrons. The quantitative estimate of drug-likeness (QED) is 0.805. The molecule has 1 rings (SSSR count). The average molecular weight is 277 g/mol. The molecule has 0 fully saturated rings. The van der Waals surface area contributed by atoms with Crippen LogP contribution in [0.2, 0.25) is 0 Å². The van der Waals surface area contributed by atoms with Gasteiger partial charge in [-0.3, -0.25) is 4.79 Å². The number of carbonyl (C=O) groups excluding carboxylic acids is 1. The largest absolute Gasteiger partial charge is 0.326 e. The predicted molar refractivity (Wildman–Crippen MR) is 84.6 cm³/mol. The Morgan fingerprint density at radius 3 is 2.60 bits per heavy atom. The number of nitrogens with two attached hydrogens (primary N) is 1. The number of rotatable bonds is 7. The molecule has 20 heavy (non-hydrogen) atoms. The standard InChI is InChI=1S/C16H27N3O/c1-5-16(2,3)19(4)11-10-15(20)18-14-9-7-6-8-13(14)12-17/h6-9H,5,10-12,17H2,1-4H3,(H,18,20). The molecular weight excluding hydrogens is 250 g/mol. The Hall–Kier alpha value is -1.39. The molecule has 0 atom stereocenters. The predicted octanol–water partition coefficient (Wildman–Crippen LogP) is 2.59. The van der Waals surface area contributed by atoms with E-state index in [1.807, 2.05) is 24.3 Å². The molecule has 0 unspecified atom stereocenters. The Labute approximate surface area is 122 Å². The molecule has 1 amide bonds. The number of hydrogen-bond acceptors (Lipinski definition) is 3. The molecule has 0 heterocycles. The van der Waals surface area contributed by atoms with E-state index in [2.05, 4.69) is 38.0 Å². The Balaban J connectivity index is 2.52. The highest BCUT2D eigenvalue weighted by molar-refractivity contribution is 5.91. The van der Waals surface area contributed by atoms with E-state index in [0.717, 1.165) is 24.2 Å². The molecule has 0 bridgehead atoms. The van der Waals surface area contributed by atoms with Gasteiger partial charge in [0.25, 0.3) is 0 Å². The number of para-hydroxylation sites is 1. The van der Waals surface area contributed by atoms with Crippen molar-refractivity contribution in [1.82, 2.24) is 4.90 Å². The number of anilines is 1. The molecule has 0 saturated carbocycles. The molecule has 0 aliphatic carbocycles. The van der Waals surface area contributed by atoms with Gasteiger partial charge in [-0.1, -0.05) is 25.1 Å². The molecule has 0 aliphatic heterocycles. The normalized spacial score (nSPS) is 11.7. The van der Waals surface area contributed by atoms with Crippen LogP contribution in [0.15, 0.2) is 24.3 Å². The SMILES string of the molecule is CCC(C)(C)N(C)CCC(=O)Nc1ccccc1CN. The third-order valence-corrected chi connectivity index (χ3v) is 4.08. The molecule has 0 aromatic heterocycles. The van der Waals surface area contributed by atoms with Crippen LogP contribution in [0.3, 0.4) is 0 Å². The second-order valence-corrected chi connectivity index (χ2v) is 5.75. The number of nitrogens with one attached hydrogen (secondary N) is 1. The Morgan fingerprint density at radius 1 is 1.35 bits per heavy atom. The van der Waals surface area contributed by atoms with Crippen molar-refractivity contribution in [3.63, 3.8) is 0 Å². The van der Waals surface area contributed by atoms with Crippen LogP contribution in [0, 0.1) is 0 Å². The summed E-state index contributed by atoms with van der Waals surface area (Å²) in [7, 11) is 2.06. The zero-order valence-corrected chi connectivity index (χ0v) is 13.1. The van der Waals surface area contributed by atoms with E-state index in [1.54, 1.807) is 0 Å². The highest BCUT2D eigenvalue weighted by Gasteiger charge is 2.21. The van der Waals surface area contributed by atoms with E-state index in [4.69, 9.17) is 5.73 Å². The van der Waals surface area contributed by atoms with Gasteiger partial charge >= 0.3 is 0 Å². The average Bonchev–Trinajstić information content (AvgIpc) is 2.45. The first-order valence-electron chi connectivity index (χ1n) is 7.19. The Morgan fingerprint density at radius 2 is 2.00 bits per heavy atom. The van der Waals surface area contributed by atoms with Gasteiger partial charge in [0.2, 0.25) is 5.91 Å². The van der Waals surface area contributed by atoms with Crippen molar-refractivity contribution in [2.45, 2.75) is 45.7 Å². The third kappa shape index (κ3) is 4.62. The highest BCUT2D eigenvalue weighted by atomic mass is 16.1. The van der Waals surface area contributed by atoms with Crippen LogP contribution in [0.5, 0.6) is 0 Å². The first-order valence-corrected chi connectivity index (χ1v) is 7.19. The van der Waals surface area contributed by atoms with Crippen LogP contribution in [-0.4, -0.2) is 29.9 Å². The van der Waals surface area contributed by atoms with Crippen molar-refractivity contribution in [3.8, 4) is 0 Å². The van der Waals surface area contributed by atoms with Crippen LogP contribution in [-0.2, 0) is 11.3 Å². The smallest absolute Gasteiger partial charge is 0.225 e. The maximum Gasteiger partial charge on any atom is 0.225 e. The highest BCUT2D eigenvalue weighted by Crippen LogP contribution is 2.17. The Kier molecular flexibility index (Phi) is 6.17. The van der Waals surface area contributed by atoms with Crippen molar-refractivity contribution in [3.05, 3.63) is 29.8 Å². The minimum absolute atomic E-state index is 0.0321. The van der Waals surface area contributed by atoms with Crippen molar-refractivity contribution in [1.29, 1.82) is 0 Å². The van der Waals surface area contributed by atoms with Gasteiger partial charge in [0.05, 0.1) is 0 Å². The maximum atomic E-state index is 12.0. The van der Waals surface area contributed by atoms with Crippen LogP contribution < -0.4 is 11.1 Å². The summed E-state index contributed by atoms with van der Waals surface area (Å²) in [4.78, 5) is 14.2. The summed E-state index contributed by atoms with van der Waals surface area (Å²) in [5.74, 6) is 0.0321. The van der Waals surface area contributed by atoms with Gasteiger partial charge in [-0.15, -0.1) is 0 Å². The molecule has 4 nitrogen and oxygen atoms in total. The summed E-state index contributed by atoms with van der Waals surface area (Å²) in [5, 5.41) is 2.94. The monoisotopic (exact) mass is 277 g/mol. The molecule has 0 spiro atoms. The summed E-state index contributed by atoms with van der Waals surface area (Å²) < 4.78 is 0. The molecular formula is C16H27N3O. The zero-order valence-electron chi connectivity index (χ0n) is 13.1. The molecule has 1 aromatic carbocycles. The van der Waals surface area contributed by atoms with Crippen LogP contribution in [0.25, 0.3) is 0 Å². The molecule has 0 aliphatic rings. The first-order chi connectivity index (χ1) is 9.40. The van der Waals surface area contributed by atoms with E-state index >= 15 is 0 Å². The maximum absolute atomic E-state index is 12.0. The van der Waals surface area contributed by atoms with Gasteiger partial charge < -0.3 is 16.0 Å². The lowest BCUT2D eigenvalue weighted by Crippen LogP contribution is -2.41. The van der Waals surface area contributed by atoms with Gasteiger partial charge in [-0.2, -0.15) is 0 Å². The number of benzene rings is 1. The molecule has 0 saturated heterocycles. The van der Waals surface area contributed by atoms with Crippen LogP contribution in [0.1, 0.15) is 39.2 Å². The number of amides is 1. The van der Waals surface area contributed by atoms with Gasteiger partial charge in [0, 0.05) is 30.7 Å².